The zero-order valence-corrected chi connectivity index (χ0v) is 15.5. The van der Waals surface area contributed by atoms with Gasteiger partial charge in [0.15, 0.2) is 0 Å². The number of hydrogen-bond donors (Lipinski definition) is 2. The van der Waals surface area contributed by atoms with E-state index >= 15 is 0 Å². The maximum absolute atomic E-state index is 10.5. The lowest BCUT2D eigenvalue weighted by atomic mass is 9.88. The maximum atomic E-state index is 10.5. The largest absolute Gasteiger partial charge is 0.388 e. The third-order valence-corrected chi connectivity index (χ3v) is 3.81. The molecule has 4 heteroatoms. The van der Waals surface area contributed by atoms with Gasteiger partial charge in [0.1, 0.15) is 11.4 Å². The van der Waals surface area contributed by atoms with Crippen LogP contribution in [0.2, 0.25) is 0 Å². The minimum absolute atomic E-state index is 0.530. The van der Waals surface area contributed by atoms with Crippen molar-refractivity contribution in [2.75, 3.05) is 0 Å². The highest BCUT2D eigenvalue weighted by atomic mass is 16.3. The quantitative estimate of drug-likeness (QED) is 0.595. The van der Waals surface area contributed by atoms with Gasteiger partial charge in [0.25, 0.3) is 0 Å². The van der Waals surface area contributed by atoms with Crippen LogP contribution in [0.15, 0.2) is 48.5 Å². The summed E-state index contributed by atoms with van der Waals surface area (Å²) in [7, 11) is 0. The van der Waals surface area contributed by atoms with Crippen LogP contribution in [0.1, 0.15) is 51.3 Å². The number of fused-ring (bicyclic) bond motifs is 5. The number of hydrogen-bond acceptors (Lipinski definition) is 3. The third kappa shape index (κ3) is 3.97. The number of benzene rings is 2. The third-order valence-electron chi connectivity index (χ3n) is 3.81. The molecule has 3 aromatic rings. The molecular formula is C21H27N3O. The topological polar surface area (TPSA) is 61.8 Å². The van der Waals surface area contributed by atoms with Gasteiger partial charge in [-0.1, -0.05) is 82.6 Å². The molecule has 0 fully saturated rings. The molecule has 1 aliphatic carbocycles. The molecule has 2 aromatic carbocycles. The molecule has 1 heterocycles. The Morgan fingerprint density at radius 2 is 1.44 bits per heavy atom. The predicted molar refractivity (Wildman–Crippen MR) is 103 cm³/mol. The van der Waals surface area contributed by atoms with E-state index in [4.69, 9.17) is 0 Å². The number of nitrogens with one attached hydrogen (secondary N) is 1. The normalized spacial score (nSPS) is 14.2. The van der Waals surface area contributed by atoms with Crippen molar-refractivity contribution in [3.63, 3.8) is 0 Å². The molecule has 25 heavy (non-hydrogen) atoms. The fraction of sp³-hybridized carbons (Fsp3) is 0.333. The summed E-state index contributed by atoms with van der Waals surface area (Å²) in [5.74, 6) is 0. The van der Waals surface area contributed by atoms with Gasteiger partial charge in [0, 0.05) is 17.5 Å². The van der Waals surface area contributed by atoms with Gasteiger partial charge in [-0.3, -0.25) is 0 Å². The molecule has 4 rings (SSSR count). The van der Waals surface area contributed by atoms with Gasteiger partial charge >= 0.3 is 0 Å². The Balaban J connectivity index is 0.000000410. The van der Waals surface area contributed by atoms with Crippen LogP contribution < -0.4 is 0 Å². The molecule has 0 saturated carbocycles. The van der Waals surface area contributed by atoms with Crippen molar-refractivity contribution in [2.24, 2.45) is 0 Å². The highest BCUT2D eigenvalue weighted by molar-refractivity contribution is 5.81. The molecule has 4 nitrogen and oxygen atoms in total. The molecule has 1 unspecified atom stereocenters. The molecule has 0 spiro atoms. The van der Waals surface area contributed by atoms with E-state index in [-0.39, 0.29) is 0 Å². The Morgan fingerprint density at radius 1 is 0.920 bits per heavy atom. The van der Waals surface area contributed by atoms with Crippen molar-refractivity contribution < 1.29 is 5.11 Å². The van der Waals surface area contributed by atoms with E-state index in [1.165, 1.54) is 6.42 Å². The molecule has 2 N–H and O–H groups in total. The lowest BCUT2D eigenvalue weighted by Gasteiger charge is -2.20. The van der Waals surface area contributed by atoms with Gasteiger partial charge in [-0.2, -0.15) is 15.4 Å². The Bertz CT molecular complexity index is 795. The highest BCUT2D eigenvalue weighted by Crippen LogP contribution is 2.38. The van der Waals surface area contributed by atoms with Crippen molar-refractivity contribution in [3.05, 3.63) is 59.7 Å². The zero-order chi connectivity index (χ0) is 18.2. The van der Waals surface area contributed by atoms with E-state index < -0.39 is 6.10 Å². The first-order valence-corrected chi connectivity index (χ1v) is 9.02. The number of H-pyrrole nitrogens is 1. The second-order valence-corrected chi connectivity index (χ2v) is 5.69. The lowest BCUT2D eigenvalue weighted by molar-refractivity contribution is 0.179. The van der Waals surface area contributed by atoms with Gasteiger partial charge in [0.05, 0.1) is 6.10 Å². The van der Waals surface area contributed by atoms with Gasteiger partial charge < -0.3 is 5.11 Å². The second kappa shape index (κ2) is 9.14. The van der Waals surface area contributed by atoms with Crippen LogP contribution in [0, 0.1) is 0 Å². The van der Waals surface area contributed by atoms with Gasteiger partial charge in [-0.15, -0.1) is 0 Å². The summed E-state index contributed by atoms with van der Waals surface area (Å²) in [6.45, 7) is 8.25. The van der Waals surface area contributed by atoms with E-state index in [9.17, 15) is 5.11 Å². The second-order valence-electron chi connectivity index (χ2n) is 5.69. The highest BCUT2D eigenvalue weighted by Gasteiger charge is 2.24. The summed E-state index contributed by atoms with van der Waals surface area (Å²) in [4.78, 5) is 0. The van der Waals surface area contributed by atoms with Gasteiger partial charge in [-0.25, -0.2) is 0 Å². The number of aromatic nitrogens is 3. The van der Waals surface area contributed by atoms with Crippen LogP contribution >= 0.6 is 0 Å². The monoisotopic (exact) mass is 337 g/mol. The first-order valence-electron chi connectivity index (χ1n) is 9.02. The van der Waals surface area contributed by atoms with E-state index in [0.717, 1.165) is 33.6 Å². The first kappa shape index (κ1) is 18.9. The molecule has 1 aliphatic rings. The molecule has 0 amide bonds. The molecular weight excluding hydrogens is 310 g/mol. The summed E-state index contributed by atoms with van der Waals surface area (Å²) in [5.41, 5.74) is 5.61. The Morgan fingerprint density at radius 3 is 2.12 bits per heavy atom. The minimum Gasteiger partial charge on any atom is -0.388 e. The molecule has 1 aromatic heterocycles. The first-order chi connectivity index (χ1) is 12.3. The lowest BCUT2D eigenvalue weighted by Crippen LogP contribution is -2.07. The molecule has 0 bridgehead atoms. The van der Waals surface area contributed by atoms with Crippen molar-refractivity contribution in [1.29, 1.82) is 0 Å². The Labute approximate surface area is 149 Å². The molecule has 0 aliphatic heterocycles. The summed E-state index contributed by atoms with van der Waals surface area (Å²) >= 11 is 0. The van der Waals surface area contributed by atoms with Gasteiger partial charge in [-0.05, 0) is 11.1 Å². The van der Waals surface area contributed by atoms with Crippen LogP contribution in [0.25, 0.3) is 22.5 Å². The van der Waals surface area contributed by atoms with Crippen molar-refractivity contribution in [2.45, 2.75) is 46.6 Å². The van der Waals surface area contributed by atoms with Crippen LogP contribution in [-0.2, 0) is 6.42 Å². The predicted octanol–water partition coefficient (Wildman–Crippen LogP) is 5.17. The summed E-state index contributed by atoms with van der Waals surface area (Å²) < 4.78 is 0. The van der Waals surface area contributed by atoms with Crippen molar-refractivity contribution in [1.82, 2.24) is 15.4 Å². The Hall–Kier alpha value is -2.46. The maximum Gasteiger partial charge on any atom is 0.121 e. The summed E-state index contributed by atoms with van der Waals surface area (Å²) in [6, 6.07) is 15.9. The standard InChI is InChI=1S/C16H13N3O.C3H8.C2H6/c20-14-9-10-5-1-2-6-11(10)15-16(18-19-17-15)13-8-4-3-7-12(13)14;1-3-2;1-2/h1-8,14,20H,9H2,(H,17,18,19);3H2,1-2H3;1-2H3. The summed E-state index contributed by atoms with van der Waals surface area (Å²) in [6.07, 6.45) is 1.30. The van der Waals surface area contributed by atoms with Crippen LogP contribution in [0.5, 0.6) is 0 Å². The Kier molecular flexibility index (Phi) is 6.90. The van der Waals surface area contributed by atoms with E-state index in [0.29, 0.717) is 6.42 Å². The molecule has 132 valence electrons. The van der Waals surface area contributed by atoms with Crippen LogP contribution in [0.3, 0.4) is 0 Å². The number of nitrogens with zero attached hydrogens (tertiary/aromatic N) is 2. The minimum atomic E-state index is -0.530. The number of aromatic amines is 1. The van der Waals surface area contributed by atoms with Crippen LogP contribution in [0.4, 0.5) is 0 Å². The average Bonchev–Trinajstić information content (AvgIpc) is 3.12. The summed E-state index contributed by atoms with van der Waals surface area (Å²) in [5, 5.41) is 21.8. The van der Waals surface area contributed by atoms with Crippen molar-refractivity contribution in [3.8, 4) is 22.5 Å². The smallest absolute Gasteiger partial charge is 0.121 e. The number of aliphatic hydroxyl groups excluding tert-OH is 1. The van der Waals surface area contributed by atoms with E-state index in [2.05, 4.69) is 29.3 Å². The fourth-order valence-corrected chi connectivity index (χ4v) is 2.86. The number of rotatable bonds is 0. The SMILES string of the molecule is CC.CCC.OC1Cc2ccccc2-c2n[nH]nc2-c2ccccc21. The fourth-order valence-electron chi connectivity index (χ4n) is 2.86. The number of aliphatic hydroxyl groups is 1. The van der Waals surface area contributed by atoms with E-state index in [1.54, 1.807) is 0 Å². The molecule has 1 atom stereocenters. The zero-order valence-electron chi connectivity index (χ0n) is 15.5. The van der Waals surface area contributed by atoms with E-state index in [1.807, 2.05) is 62.4 Å². The molecule has 0 radical (unpaired) electrons. The van der Waals surface area contributed by atoms with Crippen molar-refractivity contribution >= 4 is 0 Å². The van der Waals surface area contributed by atoms with Gasteiger partial charge in [0.2, 0.25) is 0 Å². The average molecular weight is 337 g/mol. The molecule has 0 saturated heterocycles. The van der Waals surface area contributed by atoms with Crippen LogP contribution in [-0.4, -0.2) is 20.5 Å².